The van der Waals surface area contributed by atoms with E-state index in [2.05, 4.69) is 10.4 Å². The van der Waals surface area contributed by atoms with Crippen LogP contribution in [-0.2, 0) is 12.7 Å². The van der Waals surface area contributed by atoms with Gasteiger partial charge >= 0.3 is 12.3 Å². The van der Waals surface area contributed by atoms with E-state index in [1.54, 1.807) is 0 Å². The van der Waals surface area contributed by atoms with Crippen molar-refractivity contribution in [2.75, 3.05) is 19.6 Å². The lowest BCUT2D eigenvalue weighted by atomic mass is 10.1. The van der Waals surface area contributed by atoms with E-state index in [1.807, 2.05) is 0 Å². The van der Waals surface area contributed by atoms with Gasteiger partial charge in [0.1, 0.15) is 0 Å². The first-order valence-corrected chi connectivity index (χ1v) is 6.18. The average Bonchev–Trinajstić information content (AvgIpc) is 2.85. The van der Waals surface area contributed by atoms with Gasteiger partial charge in [-0.05, 0) is 12.5 Å². The van der Waals surface area contributed by atoms with Crippen LogP contribution in [0.4, 0.5) is 18.0 Å². The van der Waals surface area contributed by atoms with Crippen LogP contribution in [-0.4, -0.2) is 51.6 Å². The minimum absolute atomic E-state index is 0.0709. The van der Waals surface area contributed by atoms with Crippen molar-refractivity contribution in [3.8, 4) is 0 Å². The summed E-state index contributed by atoms with van der Waals surface area (Å²) < 4.78 is 38.4. The maximum Gasteiger partial charge on any atom is 0.435 e. The number of rotatable bonds is 3. The number of piperazine rings is 1. The maximum atomic E-state index is 12.4. The van der Waals surface area contributed by atoms with Gasteiger partial charge in [-0.3, -0.25) is 4.68 Å². The highest BCUT2D eigenvalue weighted by molar-refractivity contribution is 5.65. The fourth-order valence-electron chi connectivity index (χ4n) is 2.12. The first-order chi connectivity index (χ1) is 9.36. The molecule has 1 fully saturated rings. The van der Waals surface area contributed by atoms with Gasteiger partial charge in [0.05, 0.1) is 0 Å². The standard InChI is InChI=1S/C11H15F3N4O2/c12-11(13,14)9-2-5-18(16-9)4-1-8-7-17(10(19)20)6-3-15-8/h2,5,8,15H,1,3-4,6-7H2,(H,19,20)/t8-/m1/s1. The molecule has 0 bridgehead atoms. The summed E-state index contributed by atoms with van der Waals surface area (Å²) in [7, 11) is 0. The second-order valence-electron chi connectivity index (χ2n) is 4.63. The Morgan fingerprint density at radius 1 is 1.55 bits per heavy atom. The lowest BCUT2D eigenvalue weighted by Gasteiger charge is -2.31. The van der Waals surface area contributed by atoms with Crippen molar-refractivity contribution in [2.45, 2.75) is 25.2 Å². The molecule has 1 aromatic heterocycles. The summed E-state index contributed by atoms with van der Waals surface area (Å²) in [6.07, 6.45) is -3.62. The Morgan fingerprint density at radius 3 is 2.90 bits per heavy atom. The smallest absolute Gasteiger partial charge is 0.435 e. The van der Waals surface area contributed by atoms with Gasteiger partial charge in [0, 0.05) is 38.4 Å². The van der Waals surface area contributed by atoms with Crippen molar-refractivity contribution in [2.24, 2.45) is 0 Å². The van der Waals surface area contributed by atoms with Gasteiger partial charge in [-0.2, -0.15) is 18.3 Å². The largest absolute Gasteiger partial charge is 0.465 e. The monoisotopic (exact) mass is 292 g/mol. The van der Waals surface area contributed by atoms with Crippen LogP contribution in [0.25, 0.3) is 0 Å². The van der Waals surface area contributed by atoms with Gasteiger partial charge in [0.15, 0.2) is 5.69 Å². The Bertz CT molecular complexity index is 474. The maximum absolute atomic E-state index is 12.4. The third-order valence-electron chi connectivity index (χ3n) is 3.16. The molecule has 1 amide bonds. The Balaban J connectivity index is 1.86. The first-order valence-electron chi connectivity index (χ1n) is 6.18. The zero-order valence-electron chi connectivity index (χ0n) is 10.6. The van der Waals surface area contributed by atoms with E-state index in [9.17, 15) is 18.0 Å². The van der Waals surface area contributed by atoms with Crippen LogP contribution in [0.3, 0.4) is 0 Å². The van der Waals surface area contributed by atoms with Crippen LogP contribution in [0, 0.1) is 0 Å². The third kappa shape index (κ3) is 3.62. The molecule has 1 atom stereocenters. The number of carboxylic acid groups (broad SMARTS) is 1. The fourth-order valence-corrected chi connectivity index (χ4v) is 2.12. The van der Waals surface area contributed by atoms with E-state index in [4.69, 9.17) is 5.11 Å². The summed E-state index contributed by atoms with van der Waals surface area (Å²) in [5.41, 5.74) is -0.915. The number of hydrogen-bond acceptors (Lipinski definition) is 3. The van der Waals surface area contributed by atoms with Gasteiger partial charge in [-0.1, -0.05) is 0 Å². The molecule has 0 radical (unpaired) electrons. The topological polar surface area (TPSA) is 70.4 Å². The van der Waals surface area contributed by atoms with Crippen LogP contribution in [0.1, 0.15) is 12.1 Å². The number of alkyl halides is 3. The highest BCUT2D eigenvalue weighted by atomic mass is 19.4. The second kappa shape index (κ2) is 5.70. The molecule has 2 heterocycles. The summed E-state index contributed by atoms with van der Waals surface area (Å²) in [6, 6.07) is 0.857. The van der Waals surface area contributed by atoms with Crippen LogP contribution in [0.2, 0.25) is 0 Å². The highest BCUT2D eigenvalue weighted by Crippen LogP contribution is 2.27. The zero-order chi connectivity index (χ0) is 14.8. The molecule has 0 spiro atoms. The molecule has 0 saturated carbocycles. The zero-order valence-corrected chi connectivity index (χ0v) is 10.6. The van der Waals surface area contributed by atoms with Crippen LogP contribution in [0.15, 0.2) is 12.3 Å². The SMILES string of the molecule is O=C(O)N1CCN[C@H](CCn2ccc(C(F)(F)F)n2)C1. The van der Waals surface area contributed by atoms with Gasteiger partial charge in [0.2, 0.25) is 0 Å². The normalized spacial score (nSPS) is 20.1. The summed E-state index contributed by atoms with van der Waals surface area (Å²) in [5, 5.41) is 15.5. The quantitative estimate of drug-likeness (QED) is 0.879. The summed E-state index contributed by atoms with van der Waals surface area (Å²) >= 11 is 0. The molecule has 6 nitrogen and oxygen atoms in total. The molecule has 1 aliphatic rings. The summed E-state index contributed by atoms with van der Waals surface area (Å²) in [5.74, 6) is 0. The van der Waals surface area contributed by atoms with Gasteiger partial charge in [0.25, 0.3) is 0 Å². The highest BCUT2D eigenvalue weighted by Gasteiger charge is 2.33. The van der Waals surface area contributed by atoms with E-state index in [1.165, 1.54) is 15.8 Å². The molecule has 9 heteroatoms. The number of amides is 1. The number of nitrogens with zero attached hydrogens (tertiary/aromatic N) is 3. The van der Waals surface area contributed by atoms with Crippen molar-refractivity contribution in [3.63, 3.8) is 0 Å². The first kappa shape index (κ1) is 14.6. The minimum Gasteiger partial charge on any atom is -0.465 e. The number of halogens is 3. The van der Waals surface area contributed by atoms with Crippen molar-refractivity contribution < 1.29 is 23.1 Å². The Hall–Kier alpha value is -1.77. The Morgan fingerprint density at radius 2 is 2.30 bits per heavy atom. The van der Waals surface area contributed by atoms with Crippen molar-refractivity contribution in [3.05, 3.63) is 18.0 Å². The second-order valence-corrected chi connectivity index (χ2v) is 4.63. The van der Waals surface area contributed by atoms with Crippen LogP contribution < -0.4 is 5.32 Å². The van der Waals surface area contributed by atoms with Gasteiger partial charge in [-0.15, -0.1) is 0 Å². The Kier molecular flexibility index (Phi) is 4.17. The van der Waals surface area contributed by atoms with E-state index >= 15 is 0 Å². The van der Waals surface area contributed by atoms with E-state index in [0.717, 1.165) is 6.07 Å². The average molecular weight is 292 g/mol. The minimum atomic E-state index is -4.44. The fraction of sp³-hybridized carbons (Fsp3) is 0.636. The molecular weight excluding hydrogens is 277 g/mol. The number of aromatic nitrogens is 2. The summed E-state index contributed by atoms with van der Waals surface area (Å²) in [4.78, 5) is 12.1. The van der Waals surface area contributed by atoms with Crippen molar-refractivity contribution in [1.82, 2.24) is 20.0 Å². The predicted molar refractivity (Wildman–Crippen MR) is 63.2 cm³/mol. The van der Waals surface area contributed by atoms with E-state index in [0.29, 0.717) is 32.6 Å². The summed E-state index contributed by atoms with van der Waals surface area (Å²) in [6.45, 7) is 1.61. The van der Waals surface area contributed by atoms with E-state index < -0.39 is 18.0 Å². The molecule has 0 unspecified atom stereocenters. The lowest BCUT2D eigenvalue weighted by molar-refractivity contribution is -0.141. The molecule has 2 N–H and O–H groups in total. The molecule has 0 aliphatic carbocycles. The Labute approximate surface area is 113 Å². The molecule has 20 heavy (non-hydrogen) atoms. The lowest BCUT2D eigenvalue weighted by Crippen LogP contribution is -2.52. The molecule has 1 aromatic rings. The van der Waals surface area contributed by atoms with E-state index in [-0.39, 0.29) is 6.04 Å². The molecule has 112 valence electrons. The molecule has 1 aliphatic heterocycles. The number of aryl methyl sites for hydroxylation is 1. The van der Waals surface area contributed by atoms with Gasteiger partial charge in [-0.25, -0.2) is 4.79 Å². The number of carbonyl (C=O) groups is 1. The molecule has 1 saturated heterocycles. The van der Waals surface area contributed by atoms with Crippen molar-refractivity contribution in [1.29, 1.82) is 0 Å². The predicted octanol–water partition coefficient (Wildman–Crippen LogP) is 1.24. The van der Waals surface area contributed by atoms with Crippen LogP contribution in [0.5, 0.6) is 0 Å². The van der Waals surface area contributed by atoms with Crippen LogP contribution >= 0.6 is 0 Å². The third-order valence-corrected chi connectivity index (χ3v) is 3.16. The van der Waals surface area contributed by atoms with Gasteiger partial charge < -0.3 is 15.3 Å². The number of hydrogen-bond donors (Lipinski definition) is 2. The number of nitrogens with one attached hydrogen (secondary N) is 1. The molecule has 0 aromatic carbocycles. The molecule has 2 rings (SSSR count). The molecular formula is C11H15F3N4O2. The van der Waals surface area contributed by atoms with Crippen molar-refractivity contribution >= 4 is 6.09 Å².